The van der Waals surface area contributed by atoms with E-state index < -0.39 is 17.9 Å². The Morgan fingerprint density at radius 1 is 0.742 bits per heavy atom. The van der Waals surface area contributed by atoms with Crippen molar-refractivity contribution >= 4 is 11.9 Å². The highest BCUT2D eigenvalue weighted by atomic mass is 16.4. The quantitative estimate of drug-likeness (QED) is 0.300. The molecule has 2 aromatic rings. The van der Waals surface area contributed by atoms with Gasteiger partial charge in [0.15, 0.2) is 0 Å². The lowest BCUT2D eigenvalue weighted by Crippen LogP contribution is -2.17. The number of aliphatic carboxylic acids is 1. The van der Waals surface area contributed by atoms with Crippen LogP contribution in [0.4, 0.5) is 0 Å². The van der Waals surface area contributed by atoms with Crippen molar-refractivity contribution < 1.29 is 19.8 Å². The lowest BCUT2D eigenvalue weighted by atomic mass is 9.84. The van der Waals surface area contributed by atoms with E-state index in [2.05, 4.69) is 6.92 Å². The molecule has 2 rings (SSSR count). The van der Waals surface area contributed by atoms with Crippen LogP contribution in [0.2, 0.25) is 0 Å². The molecule has 4 heteroatoms. The zero-order valence-electron chi connectivity index (χ0n) is 18.7. The molecular weight excluding hydrogens is 388 g/mol. The summed E-state index contributed by atoms with van der Waals surface area (Å²) < 4.78 is 0. The Balaban J connectivity index is 2.03. The molecule has 0 aliphatic carbocycles. The molecule has 0 fully saturated rings. The summed E-state index contributed by atoms with van der Waals surface area (Å²) in [7, 11) is 0. The van der Waals surface area contributed by atoms with Crippen LogP contribution in [0, 0.1) is 0 Å². The van der Waals surface area contributed by atoms with Crippen LogP contribution >= 0.6 is 0 Å². The van der Waals surface area contributed by atoms with Gasteiger partial charge in [-0.15, -0.1) is 0 Å². The van der Waals surface area contributed by atoms with E-state index in [4.69, 9.17) is 0 Å². The topological polar surface area (TPSA) is 74.6 Å². The highest BCUT2D eigenvalue weighted by molar-refractivity contribution is 5.91. The first-order chi connectivity index (χ1) is 15.1. The summed E-state index contributed by atoms with van der Waals surface area (Å²) in [6, 6.07) is 14.1. The molecule has 0 aliphatic rings. The number of hydrogen-bond donors (Lipinski definition) is 2. The highest BCUT2D eigenvalue weighted by Crippen LogP contribution is 2.31. The SMILES string of the molecule is CCCCCCCCCCCCc1c(C(=O)O)cccc1C(C(=O)O)c1ccccc1. The van der Waals surface area contributed by atoms with E-state index in [9.17, 15) is 19.8 Å². The van der Waals surface area contributed by atoms with Crippen LogP contribution in [0.5, 0.6) is 0 Å². The van der Waals surface area contributed by atoms with Crippen LogP contribution < -0.4 is 0 Å². The number of unbranched alkanes of at least 4 members (excludes halogenated alkanes) is 9. The summed E-state index contributed by atoms with van der Waals surface area (Å²) in [5, 5.41) is 19.6. The average Bonchev–Trinajstić information content (AvgIpc) is 2.76. The molecule has 0 radical (unpaired) electrons. The van der Waals surface area contributed by atoms with Crippen molar-refractivity contribution in [1.29, 1.82) is 0 Å². The number of benzene rings is 2. The van der Waals surface area contributed by atoms with Gasteiger partial charge in [0.1, 0.15) is 5.92 Å². The number of aromatic carboxylic acids is 1. The lowest BCUT2D eigenvalue weighted by Gasteiger charge is -2.19. The molecule has 4 nitrogen and oxygen atoms in total. The van der Waals surface area contributed by atoms with Crippen LogP contribution in [-0.4, -0.2) is 22.2 Å². The Bertz CT molecular complexity index is 813. The number of hydrogen-bond acceptors (Lipinski definition) is 2. The van der Waals surface area contributed by atoms with Crippen molar-refractivity contribution in [2.75, 3.05) is 0 Å². The third-order valence-electron chi connectivity index (χ3n) is 5.91. The summed E-state index contributed by atoms with van der Waals surface area (Å²) in [4.78, 5) is 24.0. The monoisotopic (exact) mass is 424 g/mol. The zero-order chi connectivity index (χ0) is 22.5. The van der Waals surface area contributed by atoms with Gasteiger partial charge in [-0.25, -0.2) is 4.79 Å². The first kappa shape index (κ1) is 24.6. The minimum Gasteiger partial charge on any atom is -0.481 e. The Kier molecular flexibility index (Phi) is 10.8. The van der Waals surface area contributed by atoms with Gasteiger partial charge in [-0.1, -0.05) is 107 Å². The van der Waals surface area contributed by atoms with Gasteiger partial charge in [-0.05, 0) is 35.6 Å². The molecule has 2 aromatic carbocycles. The third kappa shape index (κ3) is 7.86. The third-order valence-corrected chi connectivity index (χ3v) is 5.91. The molecule has 0 aliphatic heterocycles. The van der Waals surface area contributed by atoms with Gasteiger partial charge in [-0.2, -0.15) is 0 Å². The Labute approximate surface area is 186 Å². The molecule has 0 bridgehead atoms. The molecule has 0 saturated carbocycles. The van der Waals surface area contributed by atoms with Crippen LogP contribution in [0.1, 0.15) is 104 Å². The number of carbonyl (C=O) groups is 2. The maximum absolute atomic E-state index is 12.1. The predicted octanol–water partition coefficient (Wildman–Crippen LogP) is 7.06. The van der Waals surface area contributed by atoms with Gasteiger partial charge in [0.05, 0.1) is 5.56 Å². The molecule has 0 aromatic heterocycles. The van der Waals surface area contributed by atoms with E-state index in [1.54, 1.807) is 30.3 Å². The van der Waals surface area contributed by atoms with Crippen LogP contribution in [0.25, 0.3) is 0 Å². The van der Waals surface area contributed by atoms with Crippen LogP contribution in [0.3, 0.4) is 0 Å². The van der Waals surface area contributed by atoms with Crippen molar-refractivity contribution in [2.24, 2.45) is 0 Å². The fourth-order valence-corrected chi connectivity index (χ4v) is 4.24. The molecule has 2 N–H and O–H groups in total. The summed E-state index contributed by atoms with van der Waals surface area (Å²) in [5.74, 6) is -2.82. The standard InChI is InChI=1S/C27H36O4/c1-2-3-4-5-6-7-8-9-10-14-18-22-23(19-15-20-24(22)26(28)29)25(27(30)31)21-16-12-11-13-17-21/h11-13,15-17,19-20,25H,2-10,14,18H2,1H3,(H,28,29)(H,30,31). The normalized spacial score (nSPS) is 11.9. The minimum atomic E-state index is -0.999. The Hall–Kier alpha value is -2.62. The van der Waals surface area contributed by atoms with Gasteiger partial charge in [0.2, 0.25) is 0 Å². The first-order valence-corrected chi connectivity index (χ1v) is 11.7. The molecule has 168 valence electrons. The number of carboxylic acids is 2. The molecule has 0 amide bonds. The second kappa shape index (κ2) is 13.6. The van der Waals surface area contributed by atoms with E-state index >= 15 is 0 Å². The van der Waals surface area contributed by atoms with Crippen molar-refractivity contribution in [3.63, 3.8) is 0 Å². The van der Waals surface area contributed by atoms with Crippen molar-refractivity contribution in [2.45, 2.75) is 83.5 Å². The predicted molar refractivity (Wildman–Crippen MR) is 125 cm³/mol. The number of carboxylic acid groups (broad SMARTS) is 2. The average molecular weight is 425 g/mol. The largest absolute Gasteiger partial charge is 0.481 e. The second-order valence-electron chi connectivity index (χ2n) is 8.29. The van der Waals surface area contributed by atoms with Gasteiger partial charge >= 0.3 is 11.9 Å². The molecule has 0 heterocycles. The fourth-order valence-electron chi connectivity index (χ4n) is 4.24. The van der Waals surface area contributed by atoms with Crippen LogP contribution in [0.15, 0.2) is 48.5 Å². The summed E-state index contributed by atoms with van der Waals surface area (Å²) in [5.41, 5.74) is 2.14. The fraction of sp³-hybridized carbons (Fsp3) is 0.481. The molecule has 0 saturated heterocycles. The smallest absolute Gasteiger partial charge is 0.335 e. The van der Waals surface area contributed by atoms with E-state index in [-0.39, 0.29) is 5.56 Å². The molecule has 1 atom stereocenters. The highest BCUT2D eigenvalue weighted by Gasteiger charge is 2.26. The molecule has 1 unspecified atom stereocenters. The lowest BCUT2D eigenvalue weighted by molar-refractivity contribution is -0.137. The van der Waals surface area contributed by atoms with Gasteiger partial charge in [-0.3, -0.25) is 4.79 Å². The maximum atomic E-state index is 12.1. The summed E-state index contributed by atoms with van der Waals surface area (Å²) >= 11 is 0. The second-order valence-corrected chi connectivity index (χ2v) is 8.29. The Morgan fingerprint density at radius 2 is 1.32 bits per heavy atom. The number of rotatable bonds is 15. The molecule has 31 heavy (non-hydrogen) atoms. The minimum absolute atomic E-state index is 0.218. The van der Waals surface area contributed by atoms with E-state index in [0.29, 0.717) is 23.1 Å². The van der Waals surface area contributed by atoms with E-state index in [0.717, 1.165) is 19.3 Å². The molecule has 0 spiro atoms. The van der Waals surface area contributed by atoms with Crippen molar-refractivity contribution in [3.05, 3.63) is 70.8 Å². The van der Waals surface area contributed by atoms with Gasteiger partial charge < -0.3 is 10.2 Å². The Morgan fingerprint density at radius 3 is 1.87 bits per heavy atom. The summed E-state index contributed by atoms with van der Waals surface area (Å²) in [6.45, 7) is 2.23. The van der Waals surface area contributed by atoms with Gasteiger partial charge in [0.25, 0.3) is 0 Å². The first-order valence-electron chi connectivity index (χ1n) is 11.7. The maximum Gasteiger partial charge on any atom is 0.335 e. The van der Waals surface area contributed by atoms with Crippen molar-refractivity contribution in [3.8, 4) is 0 Å². The van der Waals surface area contributed by atoms with Gasteiger partial charge in [0, 0.05) is 0 Å². The van der Waals surface area contributed by atoms with E-state index in [1.807, 2.05) is 18.2 Å². The van der Waals surface area contributed by atoms with E-state index in [1.165, 1.54) is 44.9 Å². The van der Waals surface area contributed by atoms with Crippen molar-refractivity contribution in [1.82, 2.24) is 0 Å². The zero-order valence-corrected chi connectivity index (χ0v) is 18.7. The van der Waals surface area contributed by atoms with Crippen LogP contribution in [-0.2, 0) is 11.2 Å². The molecular formula is C27H36O4. The summed E-state index contributed by atoms with van der Waals surface area (Å²) in [6.07, 6.45) is 12.6.